The number of anilines is 1. The fraction of sp³-hybridized carbons (Fsp3) is 0.417. The minimum Gasteiger partial charge on any atom is -0.391 e. The predicted molar refractivity (Wildman–Crippen MR) is 77.2 cm³/mol. The van der Waals surface area contributed by atoms with Gasteiger partial charge >= 0.3 is 0 Å². The van der Waals surface area contributed by atoms with E-state index in [0.717, 1.165) is 29.5 Å². The minimum atomic E-state index is -0.258. The summed E-state index contributed by atoms with van der Waals surface area (Å²) in [6.45, 7) is 1.54. The summed E-state index contributed by atoms with van der Waals surface area (Å²) in [5.74, 6) is 0. The Bertz CT molecular complexity index is 413. The minimum absolute atomic E-state index is 0.258. The zero-order valence-electron chi connectivity index (χ0n) is 9.40. The molecule has 1 heterocycles. The summed E-state index contributed by atoms with van der Waals surface area (Å²) in [6, 6.07) is 7.88. The molecule has 1 aromatic rings. The highest BCUT2D eigenvalue weighted by Crippen LogP contribution is 2.17. The van der Waals surface area contributed by atoms with Crippen molar-refractivity contribution in [2.75, 3.05) is 18.4 Å². The van der Waals surface area contributed by atoms with Crippen LogP contribution in [0.4, 0.5) is 5.69 Å². The second kappa shape index (κ2) is 5.80. The maximum absolute atomic E-state index is 9.60. The van der Waals surface area contributed by atoms with Crippen LogP contribution in [0.25, 0.3) is 0 Å². The molecule has 0 amide bonds. The molecule has 92 valence electrons. The van der Waals surface area contributed by atoms with Gasteiger partial charge in [-0.25, -0.2) is 0 Å². The van der Waals surface area contributed by atoms with E-state index in [1.165, 1.54) is 0 Å². The summed E-state index contributed by atoms with van der Waals surface area (Å²) >= 11 is 8.76. The Labute approximate surface area is 115 Å². The molecular weight excluding hydrogens is 300 g/mol. The molecule has 0 bridgehead atoms. The second-order valence-corrected chi connectivity index (χ2v) is 5.48. The van der Waals surface area contributed by atoms with E-state index in [-0.39, 0.29) is 6.10 Å². The first-order valence-corrected chi connectivity index (χ1v) is 6.85. The van der Waals surface area contributed by atoms with Gasteiger partial charge in [-0.1, -0.05) is 22.0 Å². The highest BCUT2D eigenvalue weighted by atomic mass is 79.9. The number of rotatable bonds is 1. The molecule has 0 saturated carbocycles. The molecule has 1 atom stereocenters. The van der Waals surface area contributed by atoms with Crippen molar-refractivity contribution in [3.8, 4) is 0 Å². The van der Waals surface area contributed by atoms with E-state index in [1.807, 2.05) is 29.2 Å². The molecule has 2 N–H and O–H groups in total. The quantitative estimate of drug-likeness (QED) is 0.781. The summed E-state index contributed by atoms with van der Waals surface area (Å²) in [5, 5.41) is 13.5. The van der Waals surface area contributed by atoms with Crippen LogP contribution in [-0.2, 0) is 0 Å². The van der Waals surface area contributed by atoms with Crippen molar-refractivity contribution in [3.63, 3.8) is 0 Å². The number of benzene rings is 1. The fourth-order valence-electron chi connectivity index (χ4n) is 1.91. The summed E-state index contributed by atoms with van der Waals surface area (Å²) < 4.78 is 1.02. The highest BCUT2D eigenvalue weighted by molar-refractivity contribution is 9.10. The number of aliphatic hydroxyl groups excluding tert-OH is 1. The van der Waals surface area contributed by atoms with Gasteiger partial charge in [0, 0.05) is 23.2 Å². The first kappa shape index (κ1) is 12.8. The standard InChI is InChI=1S/C12H15BrN2OS/c13-9-3-1-4-10(7-9)14-12(17)15-6-2-5-11(16)8-15/h1,3-4,7,11,16H,2,5-6,8H2,(H,14,17)/t11-/m0/s1. The molecule has 2 rings (SSSR count). The Hall–Kier alpha value is -0.650. The predicted octanol–water partition coefficient (Wildman–Crippen LogP) is 2.60. The molecular formula is C12H15BrN2OS. The van der Waals surface area contributed by atoms with E-state index in [2.05, 4.69) is 21.2 Å². The maximum Gasteiger partial charge on any atom is 0.173 e. The zero-order chi connectivity index (χ0) is 12.3. The zero-order valence-corrected chi connectivity index (χ0v) is 11.8. The Kier molecular flexibility index (Phi) is 4.36. The van der Waals surface area contributed by atoms with Gasteiger partial charge in [-0.3, -0.25) is 0 Å². The van der Waals surface area contributed by atoms with E-state index >= 15 is 0 Å². The van der Waals surface area contributed by atoms with Crippen LogP contribution in [0.5, 0.6) is 0 Å². The summed E-state index contributed by atoms with van der Waals surface area (Å²) in [5.41, 5.74) is 0.962. The van der Waals surface area contributed by atoms with Gasteiger partial charge in [0.05, 0.1) is 6.10 Å². The Balaban J connectivity index is 1.96. The molecule has 1 fully saturated rings. The topological polar surface area (TPSA) is 35.5 Å². The van der Waals surface area contributed by atoms with Crippen LogP contribution < -0.4 is 5.32 Å². The molecule has 1 saturated heterocycles. The molecule has 3 nitrogen and oxygen atoms in total. The SMILES string of the molecule is O[C@H]1CCCN(C(=S)Nc2cccc(Br)c2)C1. The van der Waals surface area contributed by atoms with Gasteiger partial charge in [-0.05, 0) is 43.3 Å². The molecule has 0 unspecified atom stereocenters. The molecule has 0 radical (unpaired) electrons. The van der Waals surface area contributed by atoms with Crippen LogP contribution in [0.2, 0.25) is 0 Å². The van der Waals surface area contributed by atoms with Crippen molar-refractivity contribution in [2.45, 2.75) is 18.9 Å². The summed E-state index contributed by atoms with van der Waals surface area (Å²) in [6.07, 6.45) is 1.60. The fourth-order valence-corrected chi connectivity index (χ4v) is 2.59. The lowest BCUT2D eigenvalue weighted by molar-refractivity contribution is 0.104. The smallest absolute Gasteiger partial charge is 0.173 e. The van der Waals surface area contributed by atoms with Crippen LogP contribution >= 0.6 is 28.1 Å². The Morgan fingerprint density at radius 2 is 2.35 bits per heavy atom. The van der Waals surface area contributed by atoms with Crippen LogP contribution in [0.3, 0.4) is 0 Å². The first-order chi connectivity index (χ1) is 8.15. The van der Waals surface area contributed by atoms with Crippen molar-refractivity contribution < 1.29 is 5.11 Å². The van der Waals surface area contributed by atoms with Gasteiger partial charge in [-0.15, -0.1) is 0 Å². The van der Waals surface area contributed by atoms with Crippen molar-refractivity contribution in [3.05, 3.63) is 28.7 Å². The number of aliphatic hydroxyl groups is 1. The van der Waals surface area contributed by atoms with E-state index in [9.17, 15) is 5.11 Å². The van der Waals surface area contributed by atoms with Crippen molar-refractivity contribution in [1.82, 2.24) is 4.90 Å². The van der Waals surface area contributed by atoms with Crippen molar-refractivity contribution >= 4 is 38.9 Å². The molecule has 1 aliphatic heterocycles. The van der Waals surface area contributed by atoms with Gasteiger partial charge in [0.25, 0.3) is 0 Å². The number of β-amino-alcohol motifs (C(OH)–C–C–N with tert-alkyl or cyclic N) is 1. The van der Waals surface area contributed by atoms with Gasteiger partial charge in [0.2, 0.25) is 0 Å². The third-order valence-corrected chi connectivity index (χ3v) is 3.61. The number of nitrogens with zero attached hydrogens (tertiary/aromatic N) is 1. The lowest BCUT2D eigenvalue weighted by atomic mass is 10.1. The van der Waals surface area contributed by atoms with E-state index < -0.39 is 0 Å². The van der Waals surface area contributed by atoms with Gasteiger partial charge in [0.1, 0.15) is 0 Å². The normalized spacial score (nSPS) is 20.1. The van der Waals surface area contributed by atoms with Crippen molar-refractivity contribution in [2.24, 2.45) is 0 Å². The molecule has 17 heavy (non-hydrogen) atoms. The van der Waals surface area contributed by atoms with Crippen LogP contribution in [0, 0.1) is 0 Å². The van der Waals surface area contributed by atoms with Crippen LogP contribution in [-0.4, -0.2) is 34.3 Å². The summed E-state index contributed by atoms with van der Waals surface area (Å²) in [4.78, 5) is 2.02. The monoisotopic (exact) mass is 314 g/mol. The third-order valence-electron chi connectivity index (χ3n) is 2.76. The molecule has 0 spiro atoms. The number of hydrogen-bond donors (Lipinski definition) is 2. The number of piperidine rings is 1. The second-order valence-electron chi connectivity index (χ2n) is 4.18. The average Bonchev–Trinajstić information content (AvgIpc) is 2.29. The molecule has 5 heteroatoms. The van der Waals surface area contributed by atoms with E-state index in [4.69, 9.17) is 12.2 Å². The largest absolute Gasteiger partial charge is 0.391 e. The maximum atomic E-state index is 9.60. The number of hydrogen-bond acceptors (Lipinski definition) is 2. The first-order valence-electron chi connectivity index (χ1n) is 5.65. The number of likely N-dealkylation sites (tertiary alicyclic amines) is 1. The van der Waals surface area contributed by atoms with Gasteiger partial charge in [0.15, 0.2) is 5.11 Å². The van der Waals surface area contributed by atoms with Gasteiger partial charge < -0.3 is 15.3 Å². The lowest BCUT2D eigenvalue weighted by Crippen LogP contribution is -2.44. The van der Waals surface area contributed by atoms with E-state index in [0.29, 0.717) is 11.7 Å². The van der Waals surface area contributed by atoms with Crippen LogP contribution in [0.15, 0.2) is 28.7 Å². The molecule has 0 aromatic heterocycles. The Morgan fingerprint density at radius 1 is 1.53 bits per heavy atom. The van der Waals surface area contributed by atoms with E-state index in [1.54, 1.807) is 0 Å². The number of halogens is 1. The summed E-state index contributed by atoms with van der Waals surface area (Å²) in [7, 11) is 0. The lowest BCUT2D eigenvalue weighted by Gasteiger charge is -2.32. The third kappa shape index (κ3) is 3.66. The van der Waals surface area contributed by atoms with Gasteiger partial charge in [-0.2, -0.15) is 0 Å². The molecule has 1 aliphatic rings. The Morgan fingerprint density at radius 3 is 3.06 bits per heavy atom. The van der Waals surface area contributed by atoms with Crippen LogP contribution in [0.1, 0.15) is 12.8 Å². The van der Waals surface area contributed by atoms with Crippen molar-refractivity contribution in [1.29, 1.82) is 0 Å². The molecule has 1 aromatic carbocycles. The molecule has 0 aliphatic carbocycles. The number of nitrogens with one attached hydrogen (secondary N) is 1. The number of thiocarbonyl (C=S) groups is 1. The average molecular weight is 315 g/mol. The highest BCUT2D eigenvalue weighted by Gasteiger charge is 2.19.